The number of nitrogens with one attached hydrogen (secondary N) is 1. The molecule has 0 bridgehead atoms. The fourth-order valence-corrected chi connectivity index (χ4v) is 2.62. The number of benzene rings is 1. The number of amides is 1. The molecule has 0 radical (unpaired) electrons. The predicted molar refractivity (Wildman–Crippen MR) is 70.4 cm³/mol. The molecular weight excluding hydrogens is 274 g/mol. The highest BCUT2D eigenvalue weighted by Gasteiger charge is 2.13. The number of anilines is 1. The molecule has 0 spiro atoms. The van der Waals surface area contributed by atoms with E-state index in [4.69, 9.17) is 22.6 Å². The van der Waals surface area contributed by atoms with Gasteiger partial charge in [0.1, 0.15) is 5.75 Å². The lowest BCUT2D eigenvalue weighted by molar-refractivity contribution is -0.118. The first-order valence-electron chi connectivity index (χ1n) is 5.11. The van der Waals surface area contributed by atoms with Crippen LogP contribution in [0.15, 0.2) is 23.1 Å². The number of nitrogens with two attached hydrogens (primary N) is 1. The normalized spacial score (nSPS) is 11.6. The fourth-order valence-electron chi connectivity index (χ4n) is 1.20. The van der Waals surface area contributed by atoms with Crippen LogP contribution in [0.5, 0.6) is 0 Å². The molecule has 0 aliphatic carbocycles. The summed E-state index contributed by atoms with van der Waals surface area (Å²) in [5.41, 5.74) is 6.00. The summed E-state index contributed by atoms with van der Waals surface area (Å²) in [6, 6.07) is 6.52. The Kier molecular flexibility index (Phi) is 5.62. The standard InChI is InChI=1S/C11H12ClN3O2S/c12-9-3-2-8(14)6-10(9)18(17)7-11(16)15-5-1-4-13/h2-3,6H,1,5,7,14H2,(H,15,16). The molecule has 1 aromatic rings. The molecule has 0 saturated carbocycles. The van der Waals surface area contributed by atoms with Crippen molar-refractivity contribution in [2.24, 2.45) is 0 Å². The van der Waals surface area contributed by atoms with Gasteiger partial charge in [-0.3, -0.25) is 9.00 Å². The number of hydrogen-bond donors (Lipinski definition) is 2. The molecule has 18 heavy (non-hydrogen) atoms. The lowest BCUT2D eigenvalue weighted by Crippen LogP contribution is -2.29. The second-order valence-corrected chi connectivity index (χ2v) is 5.26. The lowest BCUT2D eigenvalue weighted by atomic mass is 10.3. The molecule has 3 N–H and O–H groups in total. The maximum absolute atomic E-state index is 11.9. The van der Waals surface area contributed by atoms with Crippen LogP contribution >= 0.6 is 11.6 Å². The van der Waals surface area contributed by atoms with Gasteiger partial charge in [-0.2, -0.15) is 5.26 Å². The highest BCUT2D eigenvalue weighted by molar-refractivity contribution is 7.85. The SMILES string of the molecule is N#CCCNC(=O)CS(=O)c1cc(N)ccc1Cl. The molecule has 0 heterocycles. The van der Waals surface area contributed by atoms with Gasteiger partial charge in [-0.1, -0.05) is 11.6 Å². The van der Waals surface area contributed by atoms with Crippen molar-refractivity contribution in [1.82, 2.24) is 5.32 Å². The Morgan fingerprint density at radius 1 is 1.56 bits per heavy atom. The Balaban J connectivity index is 2.63. The van der Waals surface area contributed by atoms with Crippen LogP contribution in [0.4, 0.5) is 5.69 Å². The third kappa shape index (κ3) is 4.35. The molecule has 1 aromatic carbocycles. The third-order valence-electron chi connectivity index (χ3n) is 2.02. The van der Waals surface area contributed by atoms with Gasteiger partial charge >= 0.3 is 0 Å². The van der Waals surface area contributed by atoms with Crippen LogP contribution in [0.1, 0.15) is 6.42 Å². The van der Waals surface area contributed by atoms with E-state index >= 15 is 0 Å². The zero-order valence-electron chi connectivity index (χ0n) is 9.48. The number of carbonyl (C=O) groups is 1. The van der Waals surface area contributed by atoms with Gasteiger partial charge in [0.25, 0.3) is 0 Å². The van der Waals surface area contributed by atoms with Crippen LogP contribution in [-0.2, 0) is 15.6 Å². The zero-order chi connectivity index (χ0) is 13.5. The van der Waals surface area contributed by atoms with Crippen molar-refractivity contribution in [2.45, 2.75) is 11.3 Å². The highest BCUT2D eigenvalue weighted by atomic mass is 35.5. The molecule has 1 rings (SSSR count). The van der Waals surface area contributed by atoms with Gasteiger partial charge < -0.3 is 11.1 Å². The molecule has 0 saturated heterocycles. The lowest BCUT2D eigenvalue weighted by Gasteiger charge is -2.06. The van der Waals surface area contributed by atoms with Gasteiger partial charge in [-0.15, -0.1) is 0 Å². The van der Waals surface area contributed by atoms with Crippen molar-refractivity contribution in [3.8, 4) is 6.07 Å². The van der Waals surface area contributed by atoms with Crippen molar-refractivity contribution in [1.29, 1.82) is 5.26 Å². The Bertz CT molecular complexity index is 514. The summed E-state index contributed by atoms with van der Waals surface area (Å²) < 4.78 is 11.9. The second kappa shape index (κ2) is 6.99. The first-order valence-corrected chi connectivity index (χ1v) is 6.81. The summed E-state index contributed by atoms with van der Waals surface area (Å²) in [7, 11) is -1.55. The predicted octanol–water partition coefficient (Wildman–Crippen LogP) is 1.06. The fraction of sp³-hybridized carbons (Fsp3) is 0.273. The van der Waals surface area contributed by atoms with E-state index in [0.29, 0.717) is 15.6 Å². The van der Waals surface area contributed by atoms with Crippen molar-refractivity contribution in [3.05, 3.63) is 23.2 Å². The maximum Gasteiger partial charge on any atom is 0.233 e. The number of nitriles is 1. The van der Waals surface area contributed by atoms with E-state index in [2.05, 4.69) is 5.32 Å². The van der Waals surface area contributed by atoms with Crippen molar-refractivity contribution >= 4 is 34.0 Å². The van der Waals surface area contributed by atoms with Crippen LogP contribution in [0.2, 0.25) is 5.02 Å². The van der Waals surface area contributed by atoms with Gasteiger partial charge in [0.05, 0.1) is 33.2 Å². The average Bonchev–Trinajstić information content (AvgIpc) is 2.32. The third-order valence-corrected chi connectivity index (χ3v) is 3.82. The summed E-state index contributed by atoms with van der Waals surface area (Å²) >= 11 is 5.88. The first kappa shape index (κ1) is 14.5. The van der Waals surface area contributed by atoms with Crippen LogP contribution in [0.25, 0.3) is 0 Å². The topological polar surface area (TPSA) is 96.0 Å². The molecule has 0 aliphatic rings. The molecular formula is C11H12ClN3O2S. The van der Waals surface area contributed by atoms with Crippen LogP contribution in [0.3, 0.4) is 0 Å². The van der Waals surface area contributed by atoms with E-state index in [1.165, 1.54) is 12.1 Å². The number of nitrogens with zero attached hydrogens (tertiary/aromatic N) is 1. The number of halogens is 1. The van der Waals surface area contributed by atoms with Crippen LogP contribution < -0.4 is 11.1 Å². The zero-order valence-corrected chi connectivity index (χ0v) is 11.1. The van der Waals surface area contributed by atoms with Gasteiger partial charge in [0.2, 0.25) is 5.91 Å². The minimum atomic E-state index is -1.55. The molecule has 96 valence electrons. The molecule has 0 aliphatic heterocycles. The molecule has 5 nitrogen and oxygen atoms in total. The minimum absolute atomic E-state index is 0.200. The number of hydrogen-bond acceptors (Lipinski definition) is 4. The largest absolute Gasteiger partial charge is 0.399 e. The van der Waals surface area contributed by atoms with Gasteiger partial charge in [-0.25, -0.2) is 0 Å². The molecule has 1 atom stereocenters. The van der Waals surface area contributed by atoms with Crippen LogP contribution in [0, 0.1) is 11.3 Å². The number of rotatable bonds is 5. The van der Waals surface area contributed by atoms with E-state index in [1.807, 2.05) is 6.07 Å². The van der Waals surface area contributed by atoms with Crippen LogP contribution in [-0.4, -0.2) is 22.4 Å². The minimum Gasteiger partial charge on any atom is -0.399 e. The maximum atomic E-state index is 11.9. The van der Waals surface area contributed by atoms with E-state index in [9.17, 15) is 9.00 Å². The van der Waals surface area contributed by atoms with E-state index in [-0.39, 0.29) is 24.6 Å². The molecule has 1 unspecified atom stereocenters. The Morgan fingerprint density at radius 3 is 2.94 bits per heavy atom. The highest BCUT2D eigenvalue weighted by Crippen LogP contribution is 2.22. The van der Waals surface area contributed by atoms with E-state index in [0.717, 1.165) is 0 Å². The van der Waals surface area contributed by atoms with Gasteiger partial charge in [0, 0.05) is 12.2 Å². The Hall–Kier alpha value is -1.58. The summed E-state index contributed by atoms with van der Waals surface area (Å²) in [5, 5.41) is 11.1. The summed E-state index contributed by atoms with van der Waals surface area (Å²) in [5.74, 6) is -0.587. The quantitative estimate of drug-likeness (QED) is 0.624. The van der Waals surface area contributed by atoms with Gasteiger partial charge in [0.15, 0.2) is 0 Å². The first-order chi connectivity index (χ1) is 8.54. The molecule has 0 fully saturated rings. The number of nitrogen functional groups attached to an aromatic ring is 1. The summed E-state index contributed by atoms with van der Waals surface area (Å²) in [6.45, 7) is 0.247. The Labute approximate surface area is 112 Å². The van der Waals surface area contributed by atoms with Crippen molar-refractivity contribution in [3.63, 3.8) is 0 Å². The second-order valence-electron chi connectivity index (χ2n) is 3.44. The monoisotopic (exact) mass is 285 g/mol. The summed E-state index contributed by atoms with van der Waals surface area (Å²) in [6.07, 6.45) is 0.220. The van der Waals surface area contributed by atoms with Gasteiger partial charge in [-0.05, 0) is 18.2 Å². The smallest absolute Gasteiger partial charge is 0.233 e. The number of carbonyl (C=O) groups excluding carboxylic acids is 1. The average molecular weight is 286 g/mol. The van der Waals surface area contributed by atoms with E-state index in [1.54, 1.807) is 6.07 Å². The molecule has 7 heteroatoms. The summed E-state index contributed by atoms with van der Waals surface area (Å²) in [4.78, 5) is 11.7. The Morgan fingerprint density at radius 2 is 2.28 bits per heavy atom. The van der Waals surface area contributed by atoms with E-state index < -0.39 is 10.8 Å². The molecule has 0 aromatic heterocycles. The molecule has 1 amide bonds. The van der Waals surface area contributed by atoms with Crippen molar-refractivity contribution < 1.29 is 9.00 Å². The van der Waals surface area contributed by atoms with Crippen molar-refractivity contribution in [2.75, 3.05) is 18.0 Å².